The van der Waals surface area contributed by atoms with Gasteiger partial charge in [0.1, 0.15) is 5.76 Å². The molecule has 0 saturated carbocycles. The van der Waals surface area contributed by atoms with E-state index in [-0.39, 0.29) is 0 Å². The van der Waals surface area contributed by atoms with Crippen LogP contribution in [-0.4, -0.2) is 10.2 Å². The summed E-state index contributed by atoms with van der Waals surface area (Å²) in [5.74, 6) is 1.34. The molecule has 1 aromatic carbocycles. The van der Waals surface area contributed by atoms with Gasteiger partial charge in [-0.25, -0.2) is 0 Å². The van der Waals surface area contributed by atoms with Crippen molar-refractivity contribution < 1.29 is 4.42 Å². The van der Waals surface area contributed by atoms with E-state index in [0.29, 0.717) is 26.7 Å². The van der Waals surface area contributed by atoms with Crippen LogP contribution in [-0.2, 0) is 0 Å². The van der Waals surface area contributed by atoms with Crippen LogP contribution in [0.4, 0.5) is 5.13 Å². The Bertz CT molecular complexity index is 692. The predicted molar refractivity (Wildman–Crippen MR) is 72.5 cm³/mol. The number of nitrogens with zero attached hydrogens (tertiary/aromatic N) is 2. The number of halogens is 1. The number of aromatic nitrogens is 2. The molecular weight excluding hydrogens is 270 g/mol. The summed E-state index contributed by atoms with van der Waals surface area (Å²) in [6.45, 7) is 0. The first-order valence-electron chi connectivity index (χ1n) is 5.18. The van der Waals surface area contributed by atoms with Crippen LogP contribution in [0.1, 0.15) is 0 Å². The van der Waals surface area contributed by atoms with E-state index in [1.807, 2.05) is 36.4 Å². The largest absolute Gasteiger partial charge is 0.453 e. The van der Waals surface area contributed by atoms with E-state index in [2.05, 4.69) is 10.2 Å². The van der Waals surface area contributed by atoms with Crippen molar-refractivity contribution in [2.45, 2.75) is 0 Å². The van der Waals surface area contributed by atoms with Crippen LogP contribution in [0.3, 0.4) is 0 Å². The van der Waals surface area contributed by atoms with Gasteiger partial charge < -0.3 is 10.2 Å². The Morgan fingerprint density at radius 1 is 1.06 bits per heavy atom. The highest BCUT2D eigenvalue weighted by Gasteiger charge is 2.12. The Morgan fingerprint density at radius 2 is 1.83 bits per heavy atom. The van der Waals surface area contributed by atoms with Crippen molar-refractivity contribution in [1.82, 2.24) is 10.2 Å². The molecule has 0 fully saturated rings. The van der Waals surface area contributed by atoms with Crippen LogP contribution in [0.15, 0.2) is 40.8 Å². The van der Waals surface area contributed by atoms with Gasteiger partial charge in [0.15, 0.2) is 10.8 Å². The van der Waals surface area contributed by atoms with Crippen molar-refractivity contribution >= 4 is 28.1 Å². The number of nitrogens with two attached hydrogens (primary N) is 1. The van der Waals surface area contributed by atoms with E-state index in [9.17, 15) is 0 Å². The zero-order chi connectivity index (χ0) is 12.5. The minimum absolute atomic E-state index is 0.417. The summed E-state index contributed by atoms with van der Waals surface area (Å²) >= 11 is 7.40. The smallest absolute Gasteiger partial charge is 0.203 e. The Morgan fingerprint density at radius 3 is 2.56 bits per heavy atom. The number of nitrogen functional groups attached to an aromatic ring is 1. The van der Waals surface area contributed by atoms with Crippen molar-refractivity contribution in [3.63, 3.8) is 0 Å². The number of benzene rings is 1. The number of furan rings is 1. The maximum Gasteiger partial charge on any atom is 0.203 e. The molecule has 0 amide bonds. The van der Waals surface area contributed by atoms with Crippen molar-refractivity contribution in [3.8, 4) is 22.1 Å². The highest BCUT2D eigenvalue weighted by Crippen LogP contribution is 2.33. The predicted octanol–water partition coefficient (Wildman–Crippen LogP) is 3.70. The normalized spacial score (nSPS) is 10.7. The number of hydrogen-bond acceptors (Lipinski definition) is 5. The van der Waals surface area contributed by atoms with Crippen LogP contribution in [0.25, 0.3) is 22.1 Å². The van der Waals surface area contributed by atoms with Crippen LogP contribution >= 0.6 is 22.9 Å². The fourth-order valence-electron chi connectivity index (χ4n) is 1.59. The average Bonchev–Trinajstić information content (AvgIpc) is 2.98. The minimum Gasteiger partial charge on any atom is -0.453 e. The molecule has 0 aliphatic carbocycles. The first-order chi connectivity index (χ1) is 8.74. The van der Waals surface area contributed by atoms with Crippen LogP contribution < -0.4 is 5.73 Å². The Hall–Kier alpha value is -1.85. The van der Waals surface area contributed by atoms with Crippen molar-refractivity contribution in [2.75, 3.05) is 5.73 Å². The molecule has 0 bridgehead atoms. The molecule has 90 valence electrons. The third-order valence-corrected chi connectivity index (χ3v) is 3.49. The first kappa shape index (κ1) is 11.3. The lowest BCUT2D eigenvalue weighted by molar-refractivity contribution is 0.596. The molecule has 2 N–H and O–H groups in total. The van der Waals surface area contributed by atoms with Gasteiger partial charge in [0, 0.05) is 5.56 Å². The SMILES string of the molecule is Nc1nnc(-c2ccc(-c3ccccc3Cl)o2)s1. The van der Waals surface area contributed by atoms with Crippen molar-refractivity contribution in [1.29, 1.82) is 0 Å². The summed E-state index contributed by atoms with van der Waals surface area (Å²) in [5.41, 5.74) is 6.39. The van der Waals surface area contributed by atoms with Gasteiger partial charge in [-0.1, -0.05) is 35.1 Å². The van der Waals surface area contributed by atoms with Gasteiger partial charge >= 0.3 is 0 Å². The molecule has 6 heteroatoms. The third-order valence-electron chi connectivity index (χ3n) is 2.40. The minimum atomic E-state index is 0.417. The molecule has 4 nitrogen and oxygen atoms in total. The van der Waals surface area contributed by atoms with Gasteiger partial charge in [0.05, 0.1) is 5.02 Å². The molecule has 2 heterocycles. The molecule has 0 atom stereocenters. The van der Waals surface area contributed by atoms with Gasteiger partial charge in [0.2, 0.25) is 5.13 Å². The summed E-state index contributed by atoms with van der Waals surface area (Å²) in [6.07, 6.45) is 0. The van der Waals surface area contributed by atoms with E-state index < -0.39 is 0 Å². The molecule has 0 radical (unpaired) electrons. The molecule has 0 unspecified atom stereocenters. The summed E-state index contributed by atoms with van der Waals surface area (Å²) in [4.78, 5) is 0. The Kier molecular flexibility index (Phi) is 2.77. The molecule has 0 aliphatic rings. The van der Waals surface area contributed by atoms with Gasteiger partial charge in [-0.2, -0.15) is 0 Å². The van der Waals surface area contributed by atoms with E-state index in [1.165, 1.54) is 11.3 Å². The topological polar surface area (TPSA) is 64.9 Å². The lowest BCUT2D eigenvalue weighted by Gasteiger charge is -1.98. The molecule has 2 aromatic heterocycles. The number of rotatable bonds is 2. The van der Waals surface area contributed by atoms with Gasteiger partial charge in [-0.3, -0.25) is 0 Å². The summed E-state index contributed by atoms with van der Waals surface area (Å²) in [7, 11) is 0. The van der Waals surface area contributed by atoms with Gasteiger partial charge in [-0.05, 0) is 24.3 Å². The molecule has 0 saturated heterocycles. The highest BCUT2D eigenvalue weighted by molar-refractivity contribution is 7.18. The molecule has 3 rings (SSSR count). The van der Waals surface area contributed by atoms with E-state index in [4.69, 9.17) is 21.8 Å². The number of hydrogen-bond donors (Lipinski definition) is 1. The third kappa shape index (κ3) is 1.98. The second-order valence-electron chi connectivity index (χ2n) is 3.59. The average molecular weight is 278 g/mol. The van der Waals surface area contributed by atoms with E-state index >= 15 is 0 Å². The Labute approximate surface area is 112 Å². The molecule has 3 aromatic rings. The zero-order valence-corrected chi connectivity index (χ0v) is 10.7. The Balaban J connectivity index is 2.02. The van der Waals surface area contributed by atoms with Gasteiger partial charge in [-0.15, -0.1) is 10.2 Å². The monoisotopic (exact) mass is 277 g/mol. The van der Waals surface area contributed by atoms with E-state index in [0.717, 1.165) is 5.56 Å². The number of anilines is 1. The second-order valence-corrected chi connectivity index (χ2v) is 5.01. The van der Waals surface area contributed by atoms with E-state index in [1.54, 1.807) is 0 Å². The molecule has 18 heavy (non-hydrogen) atoms. The molecule has 0 spiro atoms. The summed E-state index contributed by atoms with van der Waals surface area (Å²) in [6, 6.07) is 11.2. The first-order valence-corrected chi connectivity index (χ1v) is 6.37. The highest BCUT2D eigenvalue weighted by atomic mass is 35.5. The maximum atomic E-state index is 6.11. The quantitative estimate of drug-likeness (QED) is 0.776. The lowest BCUT2D eigenvalue weighted by Crippen LogP contribution is -1.79. The maximum absolute atomic E-state index is 6.11. The van der Waals surface area contributed by atoms with Crippen LogP contribution in [0.2, 0.25) is 5.02 Å². The fraction of sp³-hybridized carbons (Fsp3) is 0. The summed E-state index contributed by atoms with van der Waals surface area (Å²) in [5, 5.41) is 9.41. The van der Waals surface area contributed by atoms with Crippen molar-refractivity contribution in [3.05, 3.63) is 41.4 Å². The standard InChI is InChI=1S/C12H8ClN3OS/c13-8-4-2-1-3-7(8)9-5-6-10(17-9)11-15-16-12(14)18-11/h1-6H,(H2,14,16). The second kappa shape index (κ2) is 4.44. The lowest BCUT2D eigenvalue weighted by atomic mass is 10.2. The van der Waals surface area contributed by atoms with Gasteiger partial charge in [0.25, 0.3) is 0 Å². The zero-order valence-electron chi connectivity index (χ0n) is 9.13. The summed E-state index contributed by atoms with van der Waals surface area (Å²) < 4.78 is 5.72. The van der Waals surface area contributed by atoms with Crippen molar-refractivity contribution in [2.24, 2.45) is 0 Å². The van der Waals surface area contributed by atoms with Crippen LogP contribution in [0.5, 0.6) is 0 Å². The molecule has 0 aliphatic heterocycles. The molecular formula is C12H8ClN3OS. The fourth-order valence-corrected chi connectivity index (χ4v) is 2.39. The van der Waals surface area contributed by atoms with Crippen LogP contribution in [0, 0.1) is 0 Å².